The van der Waals surface area contributed by atoms with E-state index in [1.807, 2.05) is 51.3 Å². The molecular formula is C37H45ClN8O4S. The van der Waals surface area contributed by atoms with Crippen LogP contribution in [0.1, 0.15) is 48.8 Å². The molecule has 51 heavy (non-hydrogen) atoms. The standard InChI is InChI=1S/C37H45ClN8O4S/c1-8-10-23(3)31(25(5)38)42-35(48)29-22-40-36(51-29)43-33-28(50-7)12-11-27(41-33)26-21-39-34(46-19-17-44(18-20-46)30(47)9-2)32(24(26)4)45-15-13-37(6,49)14-16-45/h8-12,21-22,49H,2,5,13-20H2,1,3-4,6-7H3,(H,42,48)(H,40,41,43)/b10-8-,31-23+. The number of hydrogen-bond acceptors (Lipinski definition) is 11. The van der Waals surface area contributed by atoms with E-state index >= 15 is 0 Å². The number of ether oxygens (including phenoxy) is 1. The molecule has 14 heteroatoms. The van der Waals surface area contributed by atoms with Gasteiger partial charge in [0.2, 0.25) is 5.91 Å². The van der Waals surface area contributed by atoms with Crippen molar-refractivity contribution in [3.05, 3.63) is 82.7 Å². The van der Waals surface area contributed by atoms with Crippen LogP contribution in [0.3, 0.4) is 0 Å². The molecule has 270 valence electrons. The third kappa shape index (κ3) is 8.61. The van der Waals surface area contributed by atoms with Crippen molar-refractivity contribution in [1.29, 1.82) is 0 Å². The molecule has 5 heterocycles. The summed E-state index contributed by atoms with van der Waals surface area (Å²) in [5, 5.41) is 17.5. The van der Waals surface area contributed by atoms with E-state index in [4.69, 9.17) is 26.3 Å². The third-order valence-electron chi connectivity index (χ3n) is 9.14. The van der Waals surface area contributed by atoms with E-state index < -0.39 is 5.60 Å². The van der Waals surface area contributed by atoms with E-state index in [9.17, 15) is 14.7 Å². The minimum atomic E-state index is -0.718. The zero-order chi connectivity index (χ0) is 36.9. The summed E-state index contributed by atoms with van der Waals surface area (Å²) in [6.07, 6.45) is 9.64. The zero-order valence-corrected chi connectivity index (χ0v) is 31.3. The van der Waals surface area contributed by atoms with Gasteiger partial charge >= 0.3 is 0 Å². The summed E-state index contributed by atoms with van der Waals surface area (Å²) >= 11 is 7.34. The maximum absolute atomic E-state index is 13.1. The van der Waals surface area contributed by atoms with Crippen LogP contribution in [0.15, 0.2) is 72.2 Å². The highest BCUT2D eigenvalue weighted by atomic mass is 35.5. The van der Waals surface area contributed by atoms with Gasteiger partial charge in [-0.25, -0.2) is 15.0 Å². The lowest BCUT2D eigenvalue weighted by molar-refractivity contribution is -0.126. The first-order valence-corrected chi connectivity index (χ1v) is 18.0. The van der Waals surface area contributed by atoms with E-state index in [1.165, 1.54) is 12.3 Å². The Kier molecular flexibility index (Phi) is 11.8. The number of thiazole rings is 1. The molecule has 0 aliphatic carbocycles. The predicted molar refractivity (Wildman–Crippen MR) is 205 cm³/mol. The molecule has 0 saturated carbocycles. The van der Waals surface area contributed by atoms with Crippen LogP contribution in [-0.4, -0.2) is 88.8 Å². The number of nitrogens with one attached hydrogen (secondary N) is 2. The van der Waals surface area contributed by atoms with Gasteiger partial charge in [-0.1, -0.05) is 48.2 Å². The number of aromatic nitrogens is 3. The van der Waals surface area contributed by atoms with Crippen molar-refractivity contribution in [3.8, 4) is 17.0 Å². The van der Waals surface area contributed by atoms with Gasteiger partial charge in [-0.05, 0) is 69.9 Å². The molecule has 2 saturated heterocycles. The Morgan fingerprint density at radius 3 is 2.43 bits per heavy atom. The SMILES string of the molecule is C=CC(=O)N1CCN(c2ncc(-c3ccc(OC)c(Nc4ncc(C(=O)N/C(C(=C)Cl)=C(C)/C=C\C)s4)n3)c(C)c2N2CCC(C)(O)CC2)CC1. The Labute approximate surface area is 308 Å². The number of halogens is 1. The van der Waals surface area contributed by atoms with Crippen molar-refractivity contribution in [2.24, 2.45) is 0 Å². The van der Waals surface area contributed by atoms with Crippen LogP contribution < -0.4 is 25.2 Å². The van der Waals surface area contributed by atoms with Crippen LogP contribution in [0.5, 0.6) is 5.75 Å². The number of anilines is 4. The van der Waals surface area contributed by atoms with Gasteiger partial charge in [0.25, 0.3) is 5.91 Å². The number of aliphatic hydroxyl groups is 1. The molecule has 0 atom stereocenters. The number of allylic oxidation sites excluding steroid dienone is 4. The van der Waals surface area contributed by atoms with E-state index in [1.54, 1.807) is 12.0 Å². The lowest BCUT2D eigenvalue weighted by Gasteiger charge is -2.41. The number of piperidine rings is 1. The maximum atomic E-state index is 13.1. The molecule has 5 rings (SSSR count). The highest BCUT2D eigenvalue weighted by Gasteiger charge is 2.32. The van der Waals surface area contributed by atoms with E-state index in [2.05, 4.69) is 45.5 Å². The molecule has 2 amide bonds. The molecule has 0 unspecified atom stereocenters. The van der Waals surface area contributed by atoms with Gasteiger partial charge in [-0.2, -0.15) is 0 Å². The Morgan fingerprint density at radius 2 is 1.80 bits per heavy atom. The van der Waals surface area contributed by atoms with Crippen molar-refractivity contribution >= 4 is 57.2 Å². The number of pyridine rings is 2. The molecular weight excluding hydrogens is 688 g/mol. The van der Waals surface area contributed by atoms with Crippen LogP contribution in [0, 0.1) is 6.92 Å². The number of piperazine rings is 1. The fourth-order valence-electron chi connectivity index (χ4n) is 6.20. The molecule has 3 aromatic heterocycles. The molecule has 0 spiro atoms. The monoisotopic (exact) mass is 732 g/mol. The van der Waals surface area contributed by atoms with Gasteiger partial charge in [0, 0.05) is 51.0 Å². The van der Waals surface area contributed by atoms with Crippen LogP contribution in [-0.2, 0) is 4.79 Å². The third-order valence-corrected chi connectivity index (χ3v) is 10.2. The fraction of sp³-hybridized carbons (Fsp3) is 0.378. The van der Waals surface area contributed by atoms with Crippen LogP contribution in [0.4, 0.5) is 22.5 Å². The van der Waals surface area contributed by atoms with Gasteiger partial charge in [0.05, 0.1) is 41.0 Å². The van der Waals surface area contributed by atoms with E-state index in [0.29, 0.717) is 85.1 Å². The minimum Gasteiger partial charge on any atom is -0.493 e. The number of methoxy groups -OCH3 is 1. The summed E-state index contributed by atoms with van der Waals surface area (Å²) in [5.74, 6) is 1.34. The normalized spacial score (nSPS) is 16.5. The molecule has 0 aromatic carbocycles. The molecule has 3 aromatic rings. The second-order valence-corrected chi connectivity index (χ2v) is 14.3. The van der Waals surface area contributed by atoms with Crippen molar-refractivity contribution in [3.63, 3.8) is 0 Å². The van der Waals surface area contributed by atoms with Crippen molar-refractivity contribution < 1.29 is 19.4 Å². The van der Waals surface area contributed by atoms with Crippen LogP contribution in [0.25, 0.3) is 11.3 Å². The van der Waals surface area contributed by atoms with Crippen LogP contribution in [0.2, 0.25) is 0 Å². The molecule has 0 radical (unpaired) electrons. The maximum Gasteiger partial charge on any atom is 0.267 e. The summed E-state index contributed by atoms with van der Waals surface area (Å²) < 4.78 is 5.64. The number of carbonyl (C=O) groups is 2. The summed E-state index contributed by atoms with van der Waals surface area (Å²) in [7, 11) is 1.57. The number of nitrogens with zero attached hydrogens (tertiary/aromatic N) is 6. The Morgan fingerprint density at radius 1 is 1.10 bits per heavy atom. The minimum absolute atomic E-state index is 0.0705. The number of rotatable bonds is 11. The second kappa shape index (κ2) is 16.1. The highest BCUT2D eigenvalue weighted by Crippen LogP contribution is 2.40. The van der Waals surface area contributed by atoms with Gasteiger partial charge in [0.1, 0.15) is 4.88 Å². The number of carbonyl (C=O) groups excluding carboxylic acids is 2. The van der Waals surface area contributed by atoms with Crippen molar-refractivity contribution in [1.82, 2.24) is 25.2 Å². The van der Waals surface area contributed by atoms with E-state index in [-0.39, 0.29) is 16.8 Å². The number of amides is 2. The lowest BCUT2D eigenvalue weighted by atomic mass is 9.92. The first kappa shape index (κ1) is 37.5. The topological polar surface area (TPSA) is 136 Å². The van der Waals surface area contributed by atoms with Crippen molar-refractivity contribution in [2.45, 2.75) is 46.1 Å². The van der Waals surface area contributed by atoms with Gasteiger partial charge in [-0.15, -0.1) is 0 Å². The molecule has 2 aliphatic heterocycles. The van der Waals surface area contributed by atoms with Gasteiger partial charge in [-0.3, -0.25) is 9.59 Å². The summed E-state index contributed by atoms with van der Waals surface area (Å²) in [6, 6.07) is 3.72. The quantitative estimate of drug-likeness (QED) is 0.155. The number of hydrogen-bond donors (Lipinski definition) is 3. The Balaban J connectivity index is 1.45. The predicted octanol–water partition coefficient (Wildman–Crippen LogP) is 6.18. The van der Waals surface area contributed by atoms with E-state index in [0.717, 1.165) is 39.5 Å². The smallest absolute Gasteiger partial charge is 0.267 e. The average molecular weight is 733 g/mol. The lowest BCUT2D eigenvalue weighted by Crippen LogP contribution is -2.49. The molecule has 0 bridgehead atoms. The molecule has 3 N–H and O–H groups in total. The molecule has 2 aliphatic rings. The highest BCUT2D eigenvalue weighted by molar-refractivity contribution is 7.17. The fourth-order valence-corrected chi connectivity index (χ4v) is 7.11. The van der Waals surface area contributed by atoms with Gasteiger partial charge < -0.3 is 35.2 Å². The molecule has 2 fully saturated rings. The first-order valence-electron chi connectivity index (χ1n) is 16.8. The van der Waals surface area contributed by atoms with Crippen molar-refractivity contribution in [2.75, 3.05) is 61.5 Å². The summed E-state index contributed by atoms with van der Waals surface area (Å²) in [4.78, 5) is 46.4. The summed E-state index contributed by atoms with van der Waals surface area (Å²) in [5.41, 5.74) is 4.00. The first-order chi connectivity index (χ1) is 24.3. The van der Waals surface area contributed by atoms with Crippen LogP contribution >= 0.6 is 22.9 Å². The van der Waals surface area contributed by atoms with Gasteiger partial charge in [0.15, 0.2) is 22.5 Å². The second-order valence-electron chi connectivity index (χ2n) is 12.8. The molecule has 12 nitrogen and oxygen atoms in total. The Hall–Kier alpha value is -4.72. The zero-order valence-electron chi connectivity index (χ0n) is 29.8. The average Bonchev–Trinajstić information content (AvgIpc) is 3.59. The summed E-state index contributed by atoms with van der Waals surface area (Å²) in [6.45, 7) is 18.9. The largest absolute Gasteiger partial charge is 0.493 e. The Bertz CT molecular complexity index is 1870.